The molecule has 158 valence electrons. The highest BCUT2D eigenvalue weighted by Crippen LogP contribution is 2.43. The van der Waals surface area contributed by atoms with Crippen LogP contribution in [-0.4, -0.2) is 23.0 Å². The topological polar surface area (TPSA) is 52.6 Å². The first kappa shape index (κ1) is 22.0. The Kier molecular flexibility index (Phi) is 5.74. The minimum absolute atomic E-state index is 0.186. The Balaban J connectivity index is 2.31. The van der Waals surface area contributed by atoms with E-state index in [1.807, 2.05) is 26.0 Å². The van der Waals surface area contributed by atoms with Crippen LogP contribution >= 0.6 is 0 Å². The molecule has 0 aliphatic carbocycles. The predicted molar refractivity (Wildman–Crippen MR) is 119 cm³/mol. The Morgan fingerprint density at radius 1 is 0.967 bits per heavy atom. The summed E-state index contributed by atoms with van der Waals surface area (Å²) < 4.78 is 11.6. The van der Waals surface area contributed by atoms with E-state index in [1.54, 1.807) is 13.8 Å². The third kappa shape index (κ3) is 4.10. The molecular formula is C26H30O4. The summed E-state index contributed by atoms with van der Waals surface area (Å²) in [5.74, 6) is -0.386. The number of carbonyl (C=O) groups excluding carboxylic acids is 2. The fraction of sp³-hybridized carbons (Fsp3) is 0.385. The first-order chi connectivity index (χ1) is 14.0. The number of esters is 1. The molecule has 0 fully saturated rings. The Morgan fingerprint density at radius 2 is 1.57 bits per heavy atom. The van der Waals surface area contributed by atoms with E-state index in [2.05, 4.69) is 44.2 Å². The van der Waals surface area contributed by atoms with Gasteiger partial charge in [0.25, 0.3) is 0 Å². The van der Waals surface area contributed by atoms with E-state index in [1.165, 1.54) is 12.5 Å². The van der Waals surface area contributed by atoms with E-state index in [-0.39, 0.29) is 11.5 Å². The normalized spacial score (nSPS) is 17.8. The molecule has 0 radical (unpaired) electrons. The summed E-state index contributed by atoms with van der Waals surface area (Å²) >= 11 is 0. The number of hydrogen-bond donors (Lipinski definition) is 0. The zero-order valence-electron chi connectivity index (χ0n) is 18.9. The molecule has 0 spiro atoms. The summed E-state index contributed by atoms with van der Waals surface area (Å²) in [6.45, 7) is 12.6. The van der Waals surface area contributed by atoms with Gasteiger partial charge in [-0.2, -0.15) is 0 Å². The molecule has 1 heterocycles. The summed E-state index contributed by atoms with van der Waals surface area (Å²) in [4.78, 5) is 25.4. The van der Waals surface area contributed by atoms with Crippen LogP contribution in [0.4, 0.5) is 0 Å². The average molecular weight is 407 g/mol. The molecule has 0 saturated heterocycles. The van der Waals surface area contributed by atoms with Crippen LogP contribution in [-0.2, 0) is 25.5 Å². The molecule has 0 N–H and O–H groups in total. The van der Waals surface area contributed by atoms with Crippen molar-refractivity contribution in [2.45, 2.75) is 66.1 Å². The Labute approximate surface area is 178 Å². The highest BCUT2D eigenvalue weighted by molar-refractivity contribution is 6.26. The minimum atomic E-state index is -1.03. The lowest BCUT2D eigenvalue weighted by Gasteiger charge is -2.42. The average Bonchev–Trinajstić information content (AvgIpc) is 2.66. The van der Waals surface area contributed by atoms with Gasteiger partial charge in [0.2, 0.25) is 0 Å². The van der Waals surface area contributed by atoms with Crippen LogP contribution in [0.25, 0.3) is 16.7 Å². The van der Waals surface area contributed by atoms with Gasteiger partial charge in [-0.15, -0.1) is 0 Å². The molecular weight excluding hydrogens is 376 g/mol. The number of Topliss-reactive ketones (excluding diaryl/α,β-unsaturated/α-hetero) is 1. The van der Waals surface area contributed by atoms with Crippen molar-refractivity contribution < 1.29 is 19.1 Å². The van der Waals surface area contributed by atoms with Crippen LogP contribution in [0.3, 0.4) is 0 Å². The molecule has 0 amide bonds. The van der Waals surface area contributed by atoms with Gasteiger partial charge in [0, 0.05) is 6.92 Å². The lowest BCUT2D eigenvalue weighted by Crippen LogP contribution is -2.50. The summed E-state index contributed by atoms with van der Waals surface area (Å²) in [6.07, 6.45) is 0.745. The summed E-state index contributed by atoms with van der Waals surface area (Å²) in [5.41, 5.74) is 3.54. The van der Waals surface area contributed by atoms with Gasteiger partial charge >= 0.3 is 5.97 Å². The van der Waals surface area contributed by atoms with Crippen LogP contribution in [0.5, 0.6) is 0 Å². The van der Waals surface area contributed by atoms with E-state index in [0.717, 1.165) is 28.7 Å². The number of hydrogen-bond acceptors (Lipinski definition) is 4. The summed E-state index contributed by atoms with van der Waals surface area (Å²) in [6, 6.07) is 14.4. The molecule has 0 unspecified atom stereocenters. The maximum Gasteiger partial charge on any atom is 0.307 e. The quantitative estimate of drug-likeness (QED) is 0.615. The third-order valence-corrected chi connectivity index (χ3v) is 5.45. The van der Waals surface area contributed by atoms with Crippen molar-refractivity contribution in [3.63, 3.8) is 0 Å². The molecule has 4 nitrogen and oxygen atoms in total. The van der Waals surface area contributed by atoms with Crippen molar-refractivity contribution in [2.75, 3.05) is 0 Å². The summed E-state index contributed by atoms with van der Waals surface area (Å²) in [5, 5.41) is 0. The third-order valence-electron chi connectivity index (χ3n) is 5.45. The summed E-state index contributed by atoms with van der Waals surface area (Å²) in [7, 11) is 0. The molecule has 1 aliphatic heterocycles. The smallest absolute Gasteiger partial charge is 0.307 e. The number of carbonyl (C=O) groups is 2. The fourth-order valence-electron chi connectivity index (χ4n) is 4.04. The van der Waals surface area contributed by atoms with Crippen molar-refractivity contribution in [1.82, 2.24) is 0 Å². The zero-order chi connectivity index (χ0) is 22.3. The second-order valence-electron chi connectivity index (χ2n) is 8.84. The van der Waals surface area contributed by atoms with Gasteiger partial charge in [0.1, 0.15) is 11.2 Å². The number of rotatable bonds is 4. The highest BCUT2D eigenvalue weighted by atomic mass is 16.6. The molecule has 4 heteroatoms. The number of aryl methyl sites for hydroxylation is 2. The van der Waals surface area contributed by atoms with Crippen LogP contribution in [0.15, 0.2) is 48.2 Å². The van der Waals surface area contributed by atoms with Crippen molar-refractivity contribution in [3.8, 4) is 11.1 Å². The van der Waals surface area contributed by atoms with Crippen LogP contribution < -0.4 is 0 Å². The van der Waals surface area contributed by atoms with E-state index in [9.17, 15) is 9.59 Å². The largest absolute Gasteiger partial charge is 0.427 e. The van der Waals surface area contributed by atoms with Crippen LogP contribution in [0.1, 0.15) is 58.2 Å². The molecule has 0 aromatic heterocycles. The van der Waals surface area contributed by atoms with E-state index in [0.29, 0.717) is 5.57 Å². The second kappa shape index (κ2) is 7.84. The van der Waals surface area contributed by atoms with Gasteiger partial charge in [-0.3, -0.25) is 9.59 Å². The zero-order valence-corrected chi connectivity index (χ0v) is 18.9. The predicted octanol–water partition coefficient (Wildman–Crippen LogP) is 5.66. The van der Waals surface area contributed by atoms with E-state index < -0.39 is 17.2 Å². The van der Waals surface area contributed by atoms with Crippen molar-refractivity contribution in [3.05, 3.63) is 64.9 Å². The van der Waals surface area contributed by atoms with Crippen LogP contribution in [0.2, 0.25) is 0 Å². The van der Waals surface area contributed by atoms with Crippen molar-refractivity contribution >= 4 is 17.3 Å². The molecule has 2 aromatic carbocycles. The first-order valence-corrected chi connectivity index (χ1v) is 10.3. The maximum absolute atomic E-state index is 13.5. The van der Waals surface area contributed by atoms with Gasteiger partial charge in [0.05, 0.1) is 5.57 Å². The van der Waals surface area contributed by atoms with Gasteiger partial charge in [0.15, 0.2) is 11.5 Å². The maximum atomic E-state index is 13.5. The Bertz CT molecular complexity index is 1020. The minimum Gasteiger partial charge on any atom is -0.427 e. The molecule has 0 bridgehead atoms. The van der Waals surface area contributed by atoms with Crippen LogP contribution in [0, 0.1) is 6.92 Å². The second-order valence-corrected chi connectivity index (χ2v) is 8.84. The highest BCUT2D eigenvalue weighted by Gasteiger charge is 2.48. The molecule has 3 rings (SSSR count). The number of ether oxygens (including phenoxy) is 2. The van der Waals surface area contributed by atoms with Crippen molar-refractivity contribution in [1.29, 1.82) is 0 Å². The lowest BCUT2D eigenvalue weighted by atomic mass is 9.80. The molecule has 0 saturated carbocycles. The number of benzene rings is 2. The monoisotopic (exact) mass is 406 g/mol. The standard InChI is InChI=1S/C26H30O4/c1-8-18-13-14-20(19-11-9-16(2)10-12-19)15-21(18)22-23(28)25(4,5)30-26(6,7)24(22)29-17(3)27/h9-15H,8H2,1-7H3. The first-order valence-electron chi connectivity index (χ1n) is 10.3. The molecule has 30 heavy (non-hydrogen) atoms. The number of ketones is 1. The molecule has 1 aliphatic rings. The molecule has 2 aromatic rings. The van der Waals surface area contributed by atoms with Gasteiger partial charge in [-0.1, -0.05) is 48.9 Å². The Morgan fingerprint density at radius 3 is 2.13 bits per heavy atom. The lowest BCUT2D eigenvalue weighted by molar-refractivity contribution is -0.165. The van der Waals surface area contributed by atoms with Crippen molar-refractivity contribution in [2.24, 2.45) is 0 Å². The van der Waals surface area contributed by atoms with Gasteiger partial charge in [-0.25, -0.2) is 0 Å². The fourth-order valence-corrected chi connectivity index (χ4v) is 4.04. The Hall–Kier alpha value is -2.72. The van der Waals surface area contributed by atoms with E-state index >= 15 is 0 Å². The SMILES string of the molecule is CCc1ccc(-c2ccc(C)cc2)cc1C1=C(OC(C)=O)C(C)(C)OC(C)(C)C1=O. The van der Waals surface area contributed by atoms with Gasteiger partial charge < -0.3 is 9.47 Å². The van der Waals surface area contributed by atoms with E-state index in [4.69, 9.17) is 9.47 Å². The molecule has 0 atom stereocenters. The van der Waals surface area contributed by atoms with Gasteiger partial charge in [-0.05, 0) is 69.4 Å².